The molecule has 0 bridgehead atoms. The van der Waals surface area contributed by atoms with Crippen LogP contribution in [0.3, 0.4) is 0 Å². The van der Waals surface area contributed by atoms with Gasteiger partial charge in [-0.1, -0.05) is 0 Å². The van der Waals surface area contributed by atoms with Crippen molar-refractivity contribution in [2.24, 2.45) is 0 Å². The van der Waals surface area contributed by atoms with Crippen LogP contribution in [-0.2, 0) is 6.42 Å². The summed E-state index contributed by atoms with van der Waals surface area (Å²) in [4.78, 5) is 9.65. The van der Waals surface area contributed by atoms with Crippen LogP contribution in [0.4, 0.5) is 5.82 Å². The molecule has 1 aliphatic heterocycles. The number of aromatic nitrogens is 2. The van der Waals surface area contributed by atoms with Crippen LogP contribution in [-0.4, -0.2) is 21.3 Å². The molecule has 2 rings (SSSR count). The largest absolute Gasteiger partial charge is 0.364 e. The van der Waals surface area contributed by atoms with Crippen LogP contribution in [0.1, 0.15) is 26.5 Å². The average Bonchev–Trinajstić information content (AvgIpc) is 2.48. The Hall–Kier alpha value is -0.480. The molecule has 0 spiro atoms. The van der Waals surface area contributed by atoms with Crippen molar-refractivity contribution in [1.82, 2.24) is 9.97 Å². The monoisotopic (exact) mass is 243 g/mol. The minimum absolute atomic E-state index is 0.00535. The lowest BCUT2D eigenvalue weighted by Crippen LogP contribution is -2.27. The first kappa shape index (κ1) is 11.0. The first-order chi connectivity index (χ1) is 6.96. The summed E-state index contributed by atoms with van der Waals surface area (Å²) in [6.07, 6.45) is 0.987. The normalized spacial score (nSPS) is 15.2. The van der Waals surface area contributed by atoms with Crippen LogP contribution in [0.25, 0.3) is 0 Å². The van der Waals surface area contributed by atoms with Crippen LogP contribution in [0, 0.1) is 0 Å². The molecule has 0 saturated carbocycles. The van der Waals surface area contributed by atoms with Crippen molar-refractivity contribution < 1.29 is 0 Å². The average molecular weight is 244 g/mol. The van der Waals surface area contributed by atoms with Gasteiger partial charge < -0.3 is 5.32 Å². The van der Waals surface area contributed by atoms with Gasteiger partial charge in [-0.3, -0.25) is 0 Å². The predicted molar refractivity (Wildman–Crippen MR) is 64.8 cm³/mol. The van der Waals surface area contributed by atoms with Gasteiger partial charge in [0.05, 0.1) is 10.6 Å². The maximum Gasteiger partial charge on any atom is 0.224 e. The van der Waals surface area contributed by atoms with Crippen LogP contribution >= 0.6 is 23.4 Å². The molecule has 3 nitrogen and oxygen atoms in total. The fraction of sp³-hybridized carbons (Fsp3) is 0.600. The van der Waals surface area contributed by atoms with Crippen LogP contribution < -0.4 is 5.32 Å². The van der Waals surface area contributed by atoms with Crippen LogP contribution in [0.15, 0.2) is 4.90 Å². The minimum Gasteiger partial charge on any atom is -0.364 e. The number of anilines is 1. The van der Waals surface area contributed by atoms with Crippen molar-refractivity contribution in [2.75, 3.05) is 11.1 Å². The summed E-state index contributed by atoms with van der Waals surface area (Å²) in [6, 6.07) is 0. The van der Waals surface area contributed by atoms with Gasteiger partial charge in [0.2, 0.25) is 5.28 Å². The highest BCUT2D eigenvalue weighted by molar-refractivity contribution is 7.99. The molecule has 15 heavy (non-hydrogen) atoms. The molecule has 1 N–H and O–H groups in total. The molecule has 1 aromatic rings. The topological polar surface area (TPSA) is 37.8 Å². The van der Waals surface area contributed by atoms with Crippen molar-refractivity contribution in [3.05, 3.63) is 11.0 Å². The van der Waals surface area contributed by atoms with E-state index >= 15 is 0 Å². The molecule has 0 aliphatic carbocycles. The molecule has 0 fully saturated rings. The first-order valence-electron chi connectivity index (χ1n) is 4.93. The second kappa shape index (κ2) is 3.83. The Balaban J connectivity index is 2.39. The van der Waals surface area contributed by atoms with Gasteiger partial charge in [-0.2, -0.15) is 4.98 Å². The fourth-order valence-corrected chi connectivity index (χ4v) is 2.71. The Labute approximate surface area is 99.0 Å². The van der Waals surface area contributed by atoms with Crippen molar-refractivity contribution >= 4 is 29.2 Å². The van der Waals surface area contributed by atoms with E-state index in [-0.39, 0.29) is 5.54 Å². The number of nitrogens with one attached hydrogen (secondary N) is 1. The standard InChI is InChI=1S/C10H14ClN3S/c1-10(2,3)14-8-7-6(4-5-15-7)12-9(11)13-8/h4-5H2,1-3H3,(H,12,13,14). The molecule has 82 valence electrons. The lowest BCUT2D eigenvalue weighted by atomic mass is 10.1. The summed E-state index contributed by atoms with van der Waals surface area (Å²) in [7, 11) is 0. The highest BCUT2D eigenvalue weighted by atomic mass is 35.5. The predicted octanol–water partition coefficient (Wildman–Crippen LogP) is 2.99. The second-order valence-corrected chi connectivity index (χ2v) is 6.03. The van der Waals surface area contributed by atoms with E-state index in [0.717, 1.165) is 28.6 Å². The summed E-state index contributed by atoms with van der Waals surface area (Å²) >= 11 is 7.68. The number of rotatable bonds is 1. The highest BCUT2D eigenvalue weighted by Crippen LogP contribution is 2.36. The summed E-state index contributed by atoms with van der Waals surface area (Å²) in [5, 5.41) is 3.70. The van der Waals surface area contributed by atoms with Gasteiger partial charge in [0.25, 0.3) is 0 Å². The van der Waals surface area contributed by atoms with Gasteiger partial charge in [-0.25, -0.2) is 4.98 Å². The number of fused-ring (bicyclic) bond motifs is 1. The van der Waals surface area contributed by atoms with Crippen molar-refractivity contribution in [3.8, 4) is 0 Å². The molecule has 0 saturated heterocycles. The Kier molecular flexibility index (Phi) is 2.81. The zero-order valence-corrected chi connectivity index (χ0v) is 10.7. The quantitative estimate of drug-likeness (QED) is 0.770. The lowest BCUT2D eigenvalue weighted by Gasteiger charge is -2.22. The summed E-state index contributed by atoms with van der Waals surface area (Å²) in [5.74, 6) is 1.95. The Morgan fingerprint density at radius 1 is 1.33 bits per heavy atom. The molecule has 1 aromatic heterocycles. The first-order valence-corrected chi connectivity index (χ1v) is 6.29. The fourth-order valence-electron chi connectivity index (χ4n) is 1.48. The molecule has 0 aromatic carbocycles. The van der Waals surface area contributed by atoms with Crippen LogP contribution in [0.2, 0.25) is 5.28 Å². The van der Waals surface area contributed by atoms with Gasteiger partial charge in [0.1, 0.15) is 5.82 Å². The second-order valence-electron chi connectivity index (χ2n) is 4.59. The maximum absolute atomic E-state index is 5.89. The van der Waals surface area contributed by atoms with E-state index in [0.29, 0.717) is 5.28 Å². The smallest absolute Gasteiger partial charge is 0.224 e. The zero-order chi connectivity index (χ0) is 11.1. The lowest BCUT2D eigenvalue weighted by molar-refractivity contribution is 0.626. The Bertz CT molecular complexity index is 387. The van der Waals surface area contributed by atoms with Gasteiger partial charge in [0, 0.05) is 17.7 Å². The molecule has 5 heteroatoms. The third kappa shape index (κ3) is 2.55. The van der Waals surface area contributed by atoms with Crippen molar-refractivity contribution in [2.45, 2.75) is 37.6 Å². The maximum atomic E-state index is 5.89. The van der Waals surface area contributed by atoms with E-state index in [1.807, 2.05) is 0 Å². The zero-order valence-electron chi connectivity index (χ0n) is 9.09. The molecule has 0 atom stereocenters. The number of thioether (sulfide) groups is 1. The van der Waals surface area contributed by atoms with E-state index in [1.165, 1.54) is 0 Å². The number of nitrogens with zero attached hydrogens (tertiary/aromatic N) is 2. The van der Waals surface area contributed by atoms with Gasteiger partial charge in [0.15, 0.2) is 0 Å². The summed E-state index contributed by atoms with van der Waals surface area (Å²) < 4.78 is 0. The molecular formula is C10H14ClN3S. The van der Waals surface area contributed by atoms with E-state index in [2.05, 4.69) is 36.1 Å². The number of halogens is 1. The van der Waals surface area contributed by atoms with E-state index < -0.39 is 0 Å². The summed E-state index contributed by atoms with van der Waals surface area (Å²) in [5.41, 5.74) is 1.07. The van der Waals surface area contributed by atoms with Gasteiger partial charge in [-0.15, -0.1) is 11.8 Å². The van der Waals surface area contributed by atoms with E-state index in [9.17, 15) is 0 Å². The van der Waals surface area contributed by atoms with E-state index in [4.69, 9.17) is 11.6 Å². The summed E-state index contributed by atoms with van der Waals surface area (Å²) in [6.45, 7) is 6.32. The SMILES string of the molecule is CC(C)(C)Nc1nc(Cl)nc2c1SCC2. The molecule has 0 amide bonds. The number of hydrogen-bond acceptors (Lipinski definition) is 4. The van der Waals surface area contributed by atoms with Crippen molar-refractivity contribution in [1.29, 1.82) is 0 Å². The molecule has 2 heterocycles. The third-order valence-corrected chi connectivity index (χ3v) is 3.28. The van der Waals surface area contributed by atoms with Gasteiger partial charge in [-0.05, 0) is 32.4 Å². The molecule has 0 unspecified atom stereocenters. The number of aryl methyl sites for hydroxylation is 1. The minimum atomic E-state index is -0.00535. The number of hydrogen-bond donors (Lipinski definition) is 1. The van der Waals surface area contributed by atoms with Crippen LogP contribution in [0.5, 0.6) is 0 Å². The van der Waals surface area contributed by atoms with Crippen molar-refractivity contribution in [3.63, 3.8) is 0 Å². The Morgan fingerprint density at radius 2 is 2.07 bits per heavy atom. The van der Waals surface area contributed by atoms with Gasteiger partial charge >= 0.3 is 0 Å². The Morgan fingerprint density at radius 3 is 2.73 bits per heavy atom. The highest BCUT2D eigenvalue weighted by Gasteiger charge is 2.22. The molecule has 0 radical (unpaired) electrons. The molecular weight excluding hydrogens is 230 g/mol. The van der Waals surface area contributed by atoms with E-state index in [1.54, 1.807) is 11.8 Å². The third-order valence-electron chi connectivity index (χ3n) is 1.99. The molecule has 1 aliphatic rings.